The van der Waals surface area contributed by atoms with E-state index in [1.54, 1.807) is 13.8 Å². The molecule has 1 aliphatic rings. The van der Waals surface area contributed by atoms with Crippen LogP contribution in [-0.4, -0.2) is 13.2 Å². The minimum atomic E-state index is -0.129. The molecule has 0 bridgehead atoms. The lowest BCUT2D eigenvalue weighted by atomic mass is 9.95. The van der Waals surface area contributed by atoms with Crippen LogP contribution in [0, 0.1) is 25.6 Å². The van der Waals surface area contributed by atoms with Crippen LogP contribution in [-0.2, 0) is 4.74 Å². The molecule has 1 aliphatic heterocycles. The topological polar surface area (TPSA) is 9.23 Å². The highest BCUT2D eigenvalue weighted by Gasteiger charge is 2.26. The van der Waals surface area contributed by atoms with Gasteiger partial charge in [-0.3, -0.25) is 0 Å². The lowest BCUT2D eigenvalue weighted by Crippen LogP contribution is -2.08. The average Bonchev–Trinajstić information content (AvgIpc) is 2.77. The lowest BCUT2D eigenvalue weighted by molar-refractivity contribution is 0.185. The first-order valence-corrected chi connectivity index (χ1v) is 6.01. The highest BCUT2D eigenvalue weighted by Crippen LogP contribution is 2.35. The van der Waals surface area contributed by atoms with Crippen molar-refractivity contribution in [2.45, 2.75) is 25.6 Å². The summed E-state index contributed by atoms with van der Waals surface area (Å²) in [5.74, 6) is 0.223. The van der Waals surface area contributed by atoms with Gasteiger partial charge < -0.3 is 4.74 Å². The van der Waals surface area contributed by atoms with E-state index in [1.165, 1.54) is 0 Å². The van der Waals surface area contributed by atoms with Gasteiger partial charge in [0.25, 0.3) is 0 Å². The molecule has 0 aromatic heterocycles. The van der Waals surface area contributed by atoms with Crippen LogP contribution in [0.1, 0.15) is 28.5 Å². The highest BCUT2D eigenvalue weighted by molar-refractivity contribution is 6.21. The molecule has 2 atom stereocenters. The minimum Gasteiger partial charge on any atom is -0.381 e. The van der Waals surface area contributed by atoms with Gasteiger partial charge in [-0.05, 0) is 37.0 Å². The van der Waals surface area contributed by atoms with Gasteiger partial charge >= 0.3 is 0 Å². The van der Waals surface area contributed by atoms with Gasteiger partial charge in [0.15, 0.2) is 0 Å². The molecule has 1 heterocycles. The van der Waals surface area contributed by atoms with Crippen LogP contribution in [0.15, 0.2) is 12.1 Å². The third-order valence-corrected chi connectivity index (χ3v) is 3.76. The summed E-state index contributed by atoms with van der Waals surface area (Å²) in [5.41, 5.74) is 2.34. The highest BCUT2D eigenvalue weighted by atomic mass is 35.5. The summed E-state index contributed by atoms with van der Waals surface area (Å²) in [6.07, 6.45) is 0.990. The first-order valence-electron chi connectivity index (χ1n) is 5.58. The Morgan fingerprint density at radius 1 is 1.38 bits per heavy atom. The Balaban J connectivity index is 2.26. The van der Waals surface area contributed by atoms with Crippen molar-refractivity contribution in [3.8, 4) is 0 Å². The Kier molecular flexibility index (Phi) is 3.50. The molecule has 0 spiro atoms. The van der Waals surface area contributed by atoms with Crippen molar-refractivity contribution < 1.29 is 9.13 Å². The second kappa shape index (κ2) is 4.72. The minimum absolute atomic E-state index is 0.0690. The van der Waals surface area contributed by atoms with Crippen LogP contribution >= 0.6 is 11.6 Å². The zero-order valence-corrected chi connectivity index (χ0v) is 10.4. The molecule has 2 unspecified atom stereocenters. The van der Waals surface area contributed by atoms with Gasteiger partial charge in [0.1, 0.15) is 5.82 Å². The van der Waals surface area contributed by atoms with Crippen molar-refractivity contribution >= 4 is 11.6 Å². The summed E-state index contributed by atoms with van der Waals surface area (Å²) in [5, 5.41) is -0.0690. The molecule has 0 radical (unpaired) electrons. The van der Waals surface area contributed by atoms with Crippen molar-refractivity contribution in [3.63, 3.8) is 0 Å². The number of hydrogen-bond acceptors (Lipinski definition) is 1. The molecule has 1 nitrogen and oxygen atoms in total. The molecule has 1 aromatic carbocycles. The number of halogens is 2. The fourth-order valence-electron chi connectivity index (χ4n) is 2.19. The quantitative estimate of drug-likeness (QED) is 0.718. The van der Waals surface area contributed by atoms with E-state index in [4.69, 9.17) is 16.3 Å². The van der Waals surface area contributed by atoms with E-state index >= 15 is 0 Å². The van der Waals surface area contributed by atoms with Gasteiger partial charge in [-0.25, -0.2) is 4.39 Å². The molecule has 1 fully saturated rings. The molecule has 3 heteroatoms. The molecule has 0 saturated carbocycles. The van der Waals surface area contributed by atoms with Gasteiger partial charge in [0.05, 0.1) is 12.0 Å². The van der Waals surface area contributed by atoms with Crippen molar-refractivity contribution in [2.24, 2.45) is 5.92 Å². The van der Waals surface area contributed by atoms with Crippen LogP contribution in [0.4, 0.5) is 4.39 Å². The second-order valence-electron chi connectivity index (χ2n) is 4.49. The summed E-state index contributed by atoms with van der Waals surface area (Å²) in [4.78, 5) is 0. The predicted octanol–water partition coefficient (Wildman–Crippen LogP) is 3.76. The first-order chi connectivity index (χ1) is 7.59. The van der Waals surface area contributed by atoms with E-state index in [1.807, 2.05) is 12.1 Å². The molecule has 88 valence electrons. The van der Waals surface area contributed by atoms with E-state index in [0.29, 0.717) is 23.7 Å². The maximum atomic E-state index is 13.5. The van der Waals surface area contributed by atoms with Crippen LogP contribution in [0.5, 0.6) is 0 Å². The fraction of sp³-hybridized carbons (Fsp3) is 0.538. The van der Waals surface area contributed by atoms with Crippen LogP contribution in [0.25, 0.3) is 0 Å². The first kappa shape index (κ1) is 11.9. The number of ether oxygens (including phenoxy) is 1. The van der Waals surface area contributed by atoms with E-state index in [2.05, 4.69) is 0 Å². The number of rotatable bonds is 2. The molecule has 0 aliphatic carbocycles. The van der Waals surface area contributed by atoms with Gasteiger partial charge in [0.2, 0.25) is 0 Å². The van der Waals surface area contributed by atoms with Gasteiger partial charge in [0, 0.05) is 12.5 Å². The van der Waals surface area contributed by atoms with Crippen molar-refractivity contribution in [2.75, 3.05) is 13.2 Å². The van der Waals surface area contributed by atoms with Gasteiger partial charge in [-0.2, -0.15) is 0 Å². The van der Waals surface area contributed by atoms with Crippen LogP contribution < -0.4 is 0 Å². The smallest absolute Gasteiger partial charge is 0.129 e. The Morgan fingerprint density at radius 3 is 2.50 bits per heavy atom. The monoisotopic (exact) mass is 242 g/mol. The number of alkyl halides is 1. The second-order valence-corrected chi connectivity index (χ2v) is 4.96. The van der Waals surface area contributed by atoms with E-state index in [9.17, 15) is 4.39 Å². The number of hydrogen-bond donors (Lipinski definition) is 0. The summed E-state index contributed by atoms with van der Waals surface area (Å²) in [6.45, 7) is 5.05. The third kappa shape index (κ3) is 2.23. The summed E-state index contributed by atoms with van der Waals surface area (Å²) >= 11 is 6.41. The largest absolute Gasteiger partial charge is 0.381 e. The van der Waals surface area contributed by atoms with Gasteiger partial charge in [-0.1, -0.05) is 12.1 Å². The molecular formula is C13H16ClFO. The standard InChI is InChI=1S/C13H16ClFO/c1-8-5-11(6-9(2)13(8)15)12(14)10-3-4-16-7-10/h5-6,10,12H,3-4,7H2,1-2H3. The van der Waals surface area contributed by atoms with E-state index in [-0.39, 0.29) is 11.2 Å². The van der Waals surface area contributed by atoms with E-state index in [0.717, 1.165) is 18.6 Å². The molecule has 2 rings (SSSR count). The zero-order valence-electron chi connectivity index (χ0n) is 9.59. The lowest BCUT2D eigenvalue weighted by Gasteiger charge is -2.17. The molecule has 1 aromatic rings. The predicted molar refractivity (Wildman–Crippen MR) is 63.4 cm³/mol. The third-order valence-electron chi connectivity index (χ3n) is 3.16. The van der Waals surface area contributed by atoms with E-state index < -0.39 is 0 Å². The Bertz CT molecular complexity index is 363. The Labute approximate surface area is 101 Å². The summed E-state index contributed by atoms with van der Waals surface area (Å²) in [6, 6.07) is 3.69. The molecule has 0 N–H and O–H groups in total. The van der Waals surface area contributed by atoms with Crippen molar-refractivity contribution in [1.29, 1.82) is 0 Å². The Morgan fingerprint density at radius 2 is 2.00 bits per heavy atom. The van der Waals surface area contributed by atoms with Crippen molar-refractivity contribution in [1.82, 2.24) is 0 Å². The van der Waals surface area contributed by atoms with Crippen LogP contribution in [0.2, 0.25) is 0 Å². The number of benzene rings is 1. The molecular weight excluding hydrogens is 227 g/mol. The Hall–Kier alpha value is -0.600. The average molecular weight is 243 g/mol. The van der Waals surface area contributed by atoms with Gasteiger partial charge in [-0.15, -0.1) is 11.6 Å². The molecule has 1 saturated heterocycles. The zero-order chi connectivity index (χ0) is 11.7. The maximum absolute atomic E-state index is 13.5. The summed E-state index contributed by atoms with van der Waals surface area (Å²) < 4.78 is 18.8. The number of aryl methyl sites for hydroxylation is 2. The fourth-order valence-corrected chi connectivity index (χ4v) is 2.52. The summed E-state index contributed by atoms with van der Waals surface area (Å²) in [7, 11) is 0. The molecule has 16 heavy (non-hydrogen) atoms. The van der Waals surface area contributed by atoms with Crippen molar-refractivity contribution in [3.05, 3.63) is 34.6 Å². The normalized spacial score (nSPS) is 22.4. The SMILES string of the molecule is Cc1cc(C(Cl)C2CCOC2)cc(C)c1F. The van der Waals surface area contributed by atoms with Crippen LogP contribution in [0.3, 0.4) is 0 Å². The molecule has 0 amide bonds. The maximum Gasteiger partial charge on any atom is 0.129 e.